The molecule has 0 aliphatic carbocycles. The predicted octanol–water partition coefficient (Wildman–Crippen LogP) is 8.35. The zero-order valence-electron chi connectivity index (χ0n) is 50.9. The Bertz CT molecular complexity index is 2050. The third-order valence-corrected chi connectivity index (χ3v) is 13.2. The molecule has 2 rings (SSSR count). The molecule has 0 bridgehead atoms. The molecule has 20 nitrogen and oxygen atoms in total. The van der Waals surface area contributed by atoms with Crippen LogP contribution in [0.3, 0.4) is 0 Å². The minimum Gasteiger partial charge on any atom is -0.479 e. The van der Waals surface area contributed by atoms with E-state index in [0.29, 0.717) is 57.9 Å². The van der Waals surface area contributed by atoms with Gasteiger partial charge in [0.15, 0.2) is 11.8 Å². The fourth-order valence-corrected chi connectivity index (χ4v) is 8.12. The van der Waals surface area contributed by atoms with Gasteiger partial charge >= 0.3 is 5.97 Å². The molecule has 460 valence electrons. The van der Waals surface area contributed by atoms with Gasteiger partial charge in [-0.05, 0) is 164 Å². The average Bonchev–Trinajstić information content (AvgIpc) is 3.37. The maximum atomic E-state index is 14.0. The Morgan fingerprint density at radius 2 is 1.51 bits per heavy atom. The van der Waals surface area contributed by atoms with Crippen molar-refractivity contribution < 1.29 is 71.6 Å². The highest BCUT2D eigenvalue weighted by Crippen LogP contribution is 2.28. The monoisotopic (exact) mass is 1140 g/mol. The summed E-state index contributed by atoms with van der Waals surface area (Å²) in [6.07, 6.45) is 8.28. The average molecular weight is 1140 g/mol. The van der Waals surface area contributed by atoms with Crippen molar-refractivity contribution in [2.45, 2.75) is 220 Å². The van der Waals surface area contributed by atoms with Gasteiger partial charge in [-0.25, -0.2) is 4.79 Å². The van der Waals surface area contributed by atoms with Crippen molar-refractivity contribution in [1.29, 1.82) is 0 Å². The third-order valence-electron chi connectivity index (χ3n) is 13.2. The highest BCUT2D eigenvalue weighted by Gasteiger charge is 2.35. The van der Waals surface area contributed by atoms with Crippen LogP contribution in [0.4, 0.5) is 4.39 Å². The first kappa shape index (κ1) is 71.8. The number of amides is 2. The number of halogens is 1. The number of carboxylic acid groups (broad SMARTS) is 1. The summed E-state index contributed by atoms with van der Waals surface area (Å²) in [4.78, 5) is 42.3. The van der Waals surface area contributed by atoms with E-state index in [4.69, 9.17) is 42.6 Å². The minimum atomic E-state index is -1.28. The molecule has 4 unspecified atom stereocenters. The first-order chi connectivity index (χ1) is 37.6. The number of hydrogen-bond donors (Lipinski definition) is 7. The molecule has 0 radical (unpaired) electrons. The lowest BCUT2D eigenvalue weighted by Crippen LogP contribution is -2.48. The molecule has 0 saturated carbocycles. The smallest absolute Gasteiger partial charge is 0.333 e. The van der Waals surface area contributed by atoms with Crippen LogP contribution in [-0.2, 0) is 54.1 Å². The first-order valence-electron chi connectivity index (χ1n) is 28.6. The second-order valence-corrected chi connectivity index (χ2v) is 23.1. The van der Waals surface area contributed by atoms with Crippen LogP contribution in [0.15, 0.2) is 47.1 Å². The number of ether oxygens (including phenoxy) is 9. The van der Waals surface area contributed by atoms with E-state index in [-0.39, 0.29) is 80.5 Å². The number of unbranched alkanes of at least 4 members (excludes halogenated alkanes) is 1. The lowest BCUT2D eigenvalue weighted by Gasteiger charge is -2.33. The predicted molar refractivity (Wildman–Crippen MR) is 308 cm³/mol. The number of carbonyl (C=O) groups excluding carboxylic acids is 2. The van der Waals surface area contributed by atoms with Crippen LogP contribution in [0.2, 0.25) is 0 Å². The normalized spacial score (nSPS) is 17.4. The topological polar surface area (TPSA) is 247 Å². The van der Waals surface area contributed by atoms with Gasteiger partial charge in [-0.15, -0.1) is 0 Å². The first-order valence-corrected chi connectivity index (χ1v) is 28.6. The largest absolute Gasteiger partial charge is 0.479 e. The Morgan fingerprint density at radius 3 is 2.20 bits per heavy atom. The van der Waals surface area contributed by atoms with Crippen molar-refractivity contribution >= 4 is 24.0 Å². The number of methoxy groups -OCH3 is 1. The van der Waals surface area contributed by atoms with E-state index in [1.165, 1.54) is 18.2 Å². The molecule has 1 aliphatic rings. The zero-order valence-corrected chi connectivity index (χ0v) is 50.9. The van der Waals surface area contributed by atoms with Crippen molar-refractivity contribution in [3.05, 3.63) is 53.2 Å². The molecule has 1 saturated heterocycles. The molecule has 1 aromatic carbocycles. The van der Waals surface area contributed by atoms with Gasteiger partial charge in [0.05, 0.1) is 61.8 Å². The standard InChI is InChI=1S/C59H103FN6O14/c1-15-20-45(39-77-58(10,11)28-33-75-57(8,9)27-31-72-14)66-44(37-65-55(4,5)26-32-76-59(12,13)64-17-3)22-18-19-29-62-51(68)40-73-41-61-42-78-56(6,7)25-30-63-53(69)47-34-43(38-74-50(60)21-16-2)23-24-48(47)79-52-36-46(67)35-49(80-52)54(70)71/h17,20-21,23-24,34,44,46,49,52,61,65-67H,15-16,18-19,22,25-33,35-42H2,1-14H3,(H,62,68)(H,63,69)(H,70,71)/b45-20+,50-21-,64-17-. The number of carboxylic acids is 1. The third kappa shape index (κ3) is 32.4. The number of hydrogen-bond acceptors (Lipinski definition) is 17. The molecular formula is C59H103FN6O14. The molecule has 80 heavy (non-hydrogen) atoms. The van der Waals surface area contributed by atoms with E-state index in [9.17, 15) is 29.0 Å². The van der Waals surface area contributed by atoms with Crippen molar-refractivity contribution in [3.63, 3.8) is 0 Å². The highest BCUT2D eigenvalue weighted by molar-refractivity contribution is 5.97. The maximum absolute atomic E-state index is 14.0. The summed E-state index contributed by atoms with van der Waals surface area (Å²) < 4.78 is 66.3. The van der Waals surface area contributed by atoms with Crippen LogP contribution in [0.1, 0.15) is 177 Å². The fourth-order valence-electron chi connectivity index (χ4n) is 8.12. The van der Waals surface area contributed by atoms with E-state index < -0.39 is 53.3 Å². The molecular weight excluding hydrogens is 1040 g/mol. The van der Waals surface area contributed by atoms with E-state index in [1.807, 2.05) is 34.6 Å². The molecule has 21 heteroatoms. The number of nitrogens with zero attached hydrogens (tertiary/aromatic N) is 1. The lowest BCUT2D eigenvalue weighted by molar-refractivity contribution is -0.195. The number of aliphatic hydroxyl groups is 1. The van der Waals surface area contributed by atoms with Gasteiger partial charge in [0.25, 0.3) is 11.9 Å². The molecule has 1 aromatic rings. The lowest BCUT2D eigenvalue weighted by atomic mass is 9.99. The number of aliphatic carboxylic acids is 1. The molecule has 0 spiro atoms. The SMILES string of the molecule is C/C=N\C(C)(C)OCCC(C)(C)NCC(CCCCNC(=O)COCNCOC(C)(C)CCNC(=O)c1cc(CO/C(F)=C\CC)ccc1OC1CC(O)CC(C(=O)O)O1)N/C(=C/CC)COC(C)(C)CCOC(C)(C)CCOC. The summed E-state index contributed by atoms with van der Waals surface area (Å²) in [5.74, 6) is -1.90. The number of allylic oxidation sites excluding steroid dienone is 2. The van der Waals surface area contributed by atoms with Gasteiger partial charge in [0.2, 0.25) is 12.2 Å². The quantitative estimate of drug-likeness (QED) is 0.0140. The molecule has 1 heterocycles. The van der Waals surface area contributed by atoms with E-state index in [1.54, 1.807) is 26.3 Å². The Morgan fingerprint density at radius 1 is 0.825 bits per heavy atom. The van der Waals surface area contributed by atoms with Crippen LogP contribution in [0, 0.1) is 0 Å². The van der Waals surface area contributed by atoms with Gasteiger partial charge in [0.1, 0.15) is 19.0 Å². The van der Waals surface area contributed by atoms with E-state index >= 15 is 0 Å². The van der Waals surface area contributed by atoms with E-state index in [2.05, 4.69) is 86.1 Å². The van der Waals surface area contributed by atoms with Crippen LogP contribution in [0.25, 0.3) is 0 Å². The fraction of sp³-hybridized carbons (Fsp3) is 0.763. The van der Waals surface area contributed by atoms with Crippen LogP contribution < -0.4 is 31.3 Å². The van der Waals surface area contributed by atoms with Crippen molar-refractivity contribution in [2.75, 3.05) is 73.2 Å². The molecule has 0 aromatic heterocycles. The summed E-state index contributed by atoms with van der Waals surface area (Å²) in [5.41, 5.74) is -0.569. The Kier molecular flexibility index (Phi) is 33.2. The number of benzene rings is 1. The van der Waals surface area contributed by atoms with Crippen LogP contribution >= 0.6 is 0 Å². The maximum Gasteiger partial charge on any atom is 0.333 e. The van der Waals surface area contributed by atoms with Crippen molar-refractivity contribution in [1.82, 2.24) is 26.6 Å². The molecule has 4 atom stereocenters. The molecule has 1 fully saturated rings. The molecule has 1 aliphatic heterocycles. The van der Waals surface area contributed by atoms with Crippen molar-refractivity contribution in [3.8, 4) is 5.75 Å². The number of aliphatic imine (C=N–C) groups is 1. The van der Waals surface area contributed by atoms with Gasteiger partial charge in [-0.1, -0.05) is 26.0 Å². The second-order valence-electron chi connectivity index (χ2n) is 23.1. The second kappa shape index (κ2) is 37.0. The summed E-state index contributed by atoms with van der Waals surface area (Å²) >= 11 is 0. The zero-order chi connectivity index (χ0) is 59.8. The van der Waals surface area contributed by atoms with Gasteiger partial charge in [-0.2, -0.15) is 4.39 Å². The van der Waals surface area contributed by atoms with Crippen LogP contribution in [0.5, 0.6) is 5.75 Å². The van der Waals surface area contributed by atoms with Gasteiger partial charge in [0, 0.05) is 63.5 Å². The number of carbonyl (C=O) groups is 3. The number of rotatable bonds is 44. The van der Waals surface area contributed by atoms with Crippen molar-refractivity contribution in [2.24, 2.45) is 4.99 Å². The van der Waals surface area contributed by atoms with E-state index in [0.717, 1.165) is 50.6 Å². The number of aliphatic hydroxyl groups excluding tert-OH is 1. The summed E-state index contributed by atoms with van der Waals surface area (Å²) in [7, 11) is 1.70. The minimum absolute atomic E-state index is 0.00529. The summed E-state index contributed by atoms with van der Waals surface area (Å²) in [5, 5.41) is 36.2. The number of nitrogens with one attached hydrogen (secondary N) is 5. The molecule has 2 amide bonds. The Hall–Kier alpha value is -4.29. The highest BCUT2D eigenvalue weighted by atomic mass is 19.1. The Labute approximate surface area is 477 Å². The van der Waals surface area contributed by atoms with Crippen LogP contribution in [-0.4, -0.2) is 160 Å². The Balaban J connectivity index is 1.87. The summed E-state index contributed by atoms with van der Waals surface area (Å²) in [6, 6.07) is 3.93. The summed E-state index contributed by atoms with van der Waals surface area (Å²) in [6.45, 7) is 29.7. The molecule has 7 N–H and O–H groups in total. The van der Waals surface area contributed by atoms with Gasteiger partial charge in [-0.3, -0.25) is 19.9 Å². The van der Waals surface area contributed by atoms with Gasteiger partial charge < -0.3 is 74.1 Å².